The molecule has 0 saturated heterocycles. The van der Waals surface area contributed by atoms with Crippen LogP contribution in [0.2, 0.25) is 0 Å². The van der Waals surface area contributed by atoms with Gasteiger partial charge in [0, 0.05) is 12.5 Å². The highest BCUT2D eigenvalue weighted by atomic mass is 17.1. The van der Waals surface area contributed by atoms with Gasteiger partial charge in [0.2, 0.25) is 18.3 Å². The minimum absolute atomic E-state index is 0.109. The molecule has 2 aromatic heterocycles. The Labute approximate surface area is 361 Å². The van der Waals surface area contributed by atoms with Crippen LogP contribution in [0.3, 0.4) is 0 Å². The van der Waals surface area contributed by atoms with Gasteiger partial charge in [0.05, 0.1) is 41.7 Å². The fourth-order valence-corrected chi connectivity index (χ4v) is 7.13. The highest BCUT2D eigenvalue weighted by molar-refractivity contribution is 6.02. The molecule has 0 bridgehead atoms. The zero-order valence-corrected chi connectivity index (χ0v) is 34.9. The minimum Gasteiger partial charge on any atom is -0.465 e. The van der Waals surface area contributed by atoms with Crippen molar-refractivity contribution in [3.8, 4) is 28.5 Å². The maximum atomic E-state index is 13.6. The van der Waals surface area contributed by atoms with Gasteiger partial charge in [0.15, 0.2) is 0 Å². The molecule has 19 heteroatoms. The molecule has 19 nitrogen and oxygen atoms in total. The Morgan fingerprint density at radius 2 is 1.54 bits per heavy atom. The van der Waals surface area contributed by atoms with Crippen molar-refractivity contribution in [3.05, 3.63) is 113 Å². The zero-order chi connectivity index (χ0) is 44.3. The number of rotatable bonds is 17. The van der Waals surface area contributed by atoms with Crippen molar-refractivity contribution in [2.24, 2.45) is 0 Å². The number of esters is 1. The van der Waals surface area contributed by atoms with Crippen LogP contribution in [0, 0.1) is 0 Å². The summed E-state index contributed by atoms with van der Waals surface area (Å²) in [6, 6.07) is 27.6. The van der Waals surface area contributed by atoms with E-state index in [0.717, 1.165) is 48.8 Å². The van der Waals surface area contributed by atoms with E-state index in [1.165, 1.54) is 11.7 Å². The molecule has 4 aromatic carbocycles. The van der Waals surface area contributed by atoms with E-state index >= 15 is 0 Å². The molecule has 0 radical (unpaired) electrons. The summed E-state index contributed by atoms with van der Waals surface area (Å²) < 4.78 is 34.6. The topological polar surface area (TPSA) is 221 Å². The number of tetrazole rings is 1. The van der Waals surface area contributed by atoms with Crippen LogP contribution in [0.1, 0.15) is 86.2 Å². The molecular formula is C44H47N7O12. The number of hydrogen-bond acceptors (Lipinski definition) is 17. The van der Waals surface area contributed by atoms with Crippen molar-refractivity contribution in [2.45, 2.75) is 91.3 Å². The first-order valence-corrected chi connectivity index (χ1v) is 20.4. The summed E-state index contributed by atoms with van der Waals surface area (Å²) in [4.78, 5) is 49.0. The molecule has 1 aliphatic rings. The summed E-state index contributed by atoms with van der Waals surface area (Å²) in [7, 11) is 0. The molecule has 2 unspecified atom stereocenters. The van der Waals surface area contributed by atoms with Crippen molar-refractivity contribution < 1.29 is 58.1 Å². The zero-order valence-electron chi connectivity index (χ0n) is 34.9. The van der Waals surface area contributed by atoms with Gasteiger partial charge in [-0.05, 0) is 84.7 Å². The van der Waals surface area contributed by atoms with Gasteiger partial charge in [-0.3, -0.25) is 15.0 Å². The van der Waals surface area contributed by atoms with Gasteiger partial charge in [-0.2, -0.15) is 4.98 Å². The van der Waals surface area contributed by atoms with E-state index in [9.17, 15) is 14.4 Å². The number of ether oxygens (including phenoxy) is 6. The van der Waals surface area contributed by atoms with Crippen molar-refractivity contribution in [2.75, 3.05) is 6.61 Å². The average molecular weight is 866 g/mol. The van der Waals surface area contributed by atoms with E-state index in [2.05, 4.69) is 25.2 Å². The van der Waals surface area contributed by atoms with Gasteiger partial charge < -0.3 is 28.4 Å². The Morgan fingerprint density at radius 1 is 0.810 bits per heavy atom. The standard InChI is InChI=1S/C44H47N7O12/c1-4-57-42-45-38-19-11-18-37(41(52)61-29(3)62-44(54)63-34-14-6-5-7-15-34)39(38)49(42)25-30-20-22-33(23-21-30)35-16-8-9-17-36(35)40-46-48-50(47-40)28(2)60-43(53)58-26-31-12-10-13-32(24-31)27-59-51(55)56/h8-13,16-24,28-29,34,55-56H,4-7,14-15,25-27H2,1-3H3. The molecule has 330 valence electrons. The summed E-state index contributed by atoms with van der Waals surface area (Å²) in [6.45, 7) is 5.30. The predicted molar refractivity (Wildman–Crippen MR) is 221 cm³/mol. The van der Waals surface area contributed by atoms with E-state index in [4.69, 9.17) is 38.8 Å². The smallest absolute Gasteiger partial charge is 0.465 e. The Kier molecular flexibility index (Phi) is 14.5. The molecule has 2 atom stereocenters. The lowest BCUT2D eigenvalue weighted by atomic mass is 9.98. The highest BCUT2D eigenvalue weighted by Crippen LogP contribution is 2.32. The number of aromatic nitrogens is 6. The fourth-order valence-electron chi connectivity index (χ4n) is 7.13. The number of imidazole rings is 1. The van der Waals surface area contributed by atoms with Crippen LogP contribution in [0.5, 0.6) is 6.01 Å². The van der Waals surface area contributed by atoms with Gasteiger partial charge in [-0.1, -0.05) is 85.3 Å². The van der Waals surface area contributed by atoms with Crippen LogP contribution in [0.4, 0.5) is 9.59 Å². The largest absolute Gasteiger partial charge is 0.511 e. The monoisotopic (exact) mass is 865 g/mol. The molecule has 1 saturated carbocycles. The van der Waals surface area contributed by atoms with Crippen LogP contribution in [0.15, 0.2) is 91.0 Å². The second-order valence-electron chi connectivity index (χ2n) is 14.6. The third-order valence-electron chi connectivity index (χ3n) is 10.1. The van der Waals surface area contributed by atoms with Crippen molar-refractivity contribution >= 4 is 29.3 Å². The Hall–Kier alpha value is -6.93. The van der Waals surface area contributed by atoms with Crippen LogP contribution in [0.25, 0.3) is 33.5 Å². The van der Waals surface area contributed by atoms with Crippen molar-refractivity contribution in [1.29, 1.82) is 0 Å². The van der Waals surface area contributed by atoms with Gasteiger partial charge in [0.25, 0.3) is 6.01 Å². The van der Waals surface area contributed by atoms with E-state index in [0.29, 0.717) is 52.7 Å². The maximum absolute atomic E-state index is 13.6. The molecule has 2 heterocycles. The van der Waals surface area contributed by atoms with E-state index in [1.54, 1.807) is 49.4 Å². The van der Waals surface area contributed by atoms with Crippen LogP contribution >= 0.6 is 0 Å². The highest BCUT2D eigenvalue weighted by Gasteiger charge is 2.25. The average Bonchev–Trinajstić information content (AvgIpc) is 3.91. The minimum atomic E-state index is -1.19. The summed E-state index contributed by atoms with van der Waals surface area (Å²) >= 11 is 0. The summed E-state index contributed by atoms with van der Waals surface area (Å²) in [5, 5.41) is 30.0. The van der Waals surface area contributed by atoms with E-state index < -0.39 is 30.8 Å². The third-order valence-corrected chi connectivity index (χ3v) is 10.1. The molecule has 2 N–H and O–H groups in total. The van der Waals surface area contributed by atoms with Gasteiger partial charge in [-0.15, -0.1) is 15.0 Å². The lowest BCUT2D eigenvalue weighted by Crippen LogP contribution is -2.26. The van der Waals surface area contributed by atoms with Gasteiger partial charge >= 0.3 is 18.3 Å². The fraction of sp³-hybridized carbons (Fsp3) is 0.341. The lowest BCUT2D eigenvalue weighted by Gasteiger charge is -2.22. The molecule has 0 amide bonds. The molecule has 1 fully saturated rings. The second kappa shape index (κ2) is 20.8. The molecular weight excluding hydrogens is 819 g/mol. The first-order chi connectivity index (χ1) is 30.5. The molecule has 0 spiro atoms. The number of fused-ring (bicyclic) bond motifs is 1. The van der Waals surface area contributed by atoms with E-state index in [1.807, 2.05) is 60.0 Å². The molecule has 6 aromatic rings. The predicted octanol–water partition coefficient (Wildman–Crippen LogP) is 8.18. The number of benzene rings is 4. The Bertz CT molecular complexity index is 2500. The summed E-state index contributed by atoms with van der Waals surface area (Å²) in [6.07, 6.45) is 0.479. The lowest BCUT2D eigenvalue weighted by molar-refractivity contribution is -0.497. The van der Waals surface area contributed by atoms with Crippen molar-refractivity contribution in [3.63, 3.8) is 0 Å². The molecule has 1 aliphatic carbocycles. The molecule has 63 heavy (non-hydrogen) atoms. The summed E-state index contributed by atoms with van der Waals surface area (Å²) in [5.41, 5.74) is 5.72. The van der Waals surface area contributed by atoms with Crippen LogP contribution in [-0.2, 0) is 48.3 Å². The number of para-hydroxylation sites is 1. The maximum Gasteiger partial charge on any atom is 0.511 e. The number of carbonyl (C=O) groups excluding carboxylic acids is 3. The molecule has 0 aliphatic heterocycles. The van der Waals surface area contributed by atoms with Gasteiger partial charge in [0.1, 0.15) is 12.7 Å². The first-order valence-electron chi connectivity index (χ1n) is 20.4. The SMILES string of the molecule is CCOc1nc2cccc(C(=O)OC(C)OC(=O)OC3CCCCC3)c2n1Cc1ccc(-c2ccccc2-c2nnn(C(C)OC(=O)OCc3cccc(CON(O)O)c3)n2)cc1. The number of nitrogens with zero attached hydrogens (tertiary/aromatic N) is 7. The van der Waals surface area contributed by atoms with Crippen molar-refractivity contribution in [1.82, 2.24) is 35.1 Å². The normalized spacial score (nSPS) is 13.9. The van der Waals surface area contributed by atoms with Gasteiger partial charge in [-0.25, -0.2) is 19.2 Å². The second-order valence-corrected chi connectivity index (χ2v) is 14.6. The Morgan fingerprint density at radius 3 is 2.29 bits per heavy atom. The van der Waals surface area contributed by atoms with Crippen LogP contribution < -0.4 is 4.74 Å². The quantitative estimate of drug-likeness (QED) is 0.0382. The summed E-state index contributed by atoms with van der Waals surface area (Å²) in [5.74, 6) is -0.402. The number of carbonyl (C=O) groups is 3. The number of hydrogen-bond donors (Lipinski definition) is 2. The first kappa shape index (κ1) is 44.1. The molecule has 7 rings (SSSR count). The third kappa shape index (κ3) is 11.5. The Balaban J connectivity index is 1.01. The van der Waals surface area contributed by atoms with Crippen LogP contribution in [-0.4, -0.2) is 82.8 Å². The van der Waals surface area contributed by atoms with E-state index in [-0.39, 0.29) is 30.3 Å².